The van der Waals surface area contributed by atoms with Gasteiger partial charge in [-0.15, -0.1) is 0 Å². The van der Waals surface area contributed by atoms with Gasteiger partial charge in [0.05, 0.1) is 11.7 Å². The zero-order valence-electron chi connectivity index (χ0n) is 12.2. The SMILES string of the molecule is CS(=O)(=O)N1CCC(C(=O)NCC2(C(=O)O)CCC2)CC1. The zero-order valence-corrected chi connectivity index (χ0v) is 13.0. The molecule has 1 saturated carbocycles. The highest BCUT2D eigenvalue weighted by atomic mass is 32.2. The molecule has 0 aromatic rings. The molecule has 2 rings (SSSR count). The first-order valence-corrected chi connectivity index (χ1v) is 9.06. The van der Waals surface area contributed by atoms with Crippen molar-refractivity contribution in [3.63, 3.8) is 0 Å². The van der Waals surface area contributed by atoms with E-state index in [0.29, 0.717) is 38.8 Å². The van der Waals surface area contributed by atoms with Gasteiger partial charge in [-0.3, -0.25) is 9.59 Å². The van der Waals surface area contributed by atoms with Crippen LogP contribution in [0.3, 0.4) is 0 Å². The van der Waals surface area contributed by atoms with Crippen LogP contribution < -0.4 is 5.32 Å². The van der Waals surface area contributed by atoms with Crippen LogP contribution in [-0.4, -0.2) is 55.6 Å². The lowest BCUT2D eigenvalue weighted by Gasteiger charge is -2.38. The van der Waals surface area contributed by atoms with Gasteiger partial charge < -0.3 is 10.4 Å². The number of carbonyl (C=O) groups excluding carboxylic acids is 1. The Labute approximate surface area is 124 Å². The molecule has 0 spiro atoms. The molecule has 21 heavy (non-hydrogen) atoms. The number of hydrogen-bond acceptors (Lipinski definition) is 4. The molecule has 2 fully saturated rings. The van der Waals surface area contributed by atoms with Crippen molar-refractivity contribution in [1.82, 2.24) is 9.62 Å². The zero-order chi connectivity index (χ0) is 15.7. The van der Waals surface area contributed by atoms with Crippen molar-refractivity contribution in [2.75, 3.05) is 25.9 Å². The highest BCUT2D eigenvalue weighted by Crippen LogP contribution is 2.40. The van der Waals surface area contributed by atoms with Gasteiger partial charge >= 0.3 is 5.97 Å². The maximum absolute atomic E-state index is 12.1. The van der Waals surface area contributed by atoms with Crippen molar-refractivity contribution >= 4 is 21.9 Å². The Hall–Kier alpha value is -1.15. The van der Waals surface area contributed by atoms with Crippen molar-refractivity contribution in [2.45, 2.75) is 32.1 Å². The minimum atomic E-state index is -3.19. The summed E-state index contributed by atoms with van der Waals surface area (Å²) in [4.78, 5) is 23.3. The van der Waals surface area contributed by atoms with Gasteiger partial charge in [0.25, 0.3) is 0 Å². The molecule has 1 heterocycles. The largest absolute Gasteiger partial charge is 0.481 e. The van der Waals surface area contributed by atoms with Crippen LogP contribution in [0, 0.1) is 11.3 Å². The van der Waals surface area contributed by atoms with Crippen LogP contribution in [0.1, 0.15) is 32.1 Å². The lowest BCUT2D eigenvalue weighted by atomic mass is 9.68. The molecule has 120 valence electrons. The molecule has 0 aromatic carbocycles. The van der Waals surface area contributed by atoms with Crippen LogP contribution in [0.2, 0.25) is 0 Å². The molecule has 1 saturated heterocycles. The summed E-state index contributed by atoms with van der Waals surface area (Å²) in [6, 6.07) is 0. The predicted octanol–water partition coefficient (Wildman–Crippen LogP) is 0.0291. The van der Waals surface area contributed by atoms with Gasteiger partial charge in [0.2, 0.25) is 15.9 Å². The van der Waals surface area contributed by atoms with Crippen LogP contribution in [0.4, 0.5) is 0 Å². The van der Waals surface area contributed by atoms with E-state index in [4.69, 9.17) is 0 Å². The summed E-state index contributed by atoms with van der Waals surface area (Å²) in [6.45, 7) is 0.870. The third kappa shape index (κ3) is 3.55. The van der Waals surface area contributed by atoms with Gasteiger partial charge in [-0.05, 0) is 25.7 Å². The average Bonchev–Trinajstić information content (AvgIpc) is 2.36. The van der Waals surface area contributed by atoms with Crippen molar-refractivity contribution < 1.29 is 23.1 Å². The first kappa shape index (κ1) is 16.2. The van der Waals surface area contributed by atoms with Gasteiger partial charge in [0.15, 0.2) is 0 Å². The van der Waals surface area contributed by atoms with E-state index in [2.05, 4.69) is 5.32 Å². The summed E-state index contributed by atoms with van der Waals surface area (Å²) in [7, 11) is -3.19. The molecule has 8 heteroatoms. The molecule has 0 radical (unpaired) electrons. The second-order valence-electron chi connectivity index (χ2n) is 6.09. The Balaban J connectivity index is 1.82. The van der Waals surface area contributed by atoms with Gasteiger partial charge in [0, 0.05) is 25.6 Å². The van der Waals surface area contributed by atoms with Crippen molar-refractivity contribution in [3.8, 4) is 0 Å². The van der Waals surface area contributed by atoms with Gasteiger partial charge in [-0.2, -0.15) is 0 Å². The van der Waals surface area contributed by atoms with Crippen LogP contribution >= 0.6 is 0 Å². The number of carboxylic acids is 1. The quantitative estimate of drug-likeness (QED) is 0.744. The molecule has 7 nitrogen and oxygen atoms in total. The van der Waals surface area contributed by atoms with Crippen LogP contribution in [0.5, 0.6) is 0 Å². The van der Waals surface area contributed by atoms with E-state index in [1.165, 1.54) is 10.6 Å². The minimum absolute atomic E-state index is 0.157. The number of amides is 1. The van der Waals surface area contributed by atoms with Crippen LogP contribution in [0.25, 0.3) is 0 Å². The molecule has 0 aromatic heterocycles. The molecule has 1 aliphatic carbocycles. The molecule has 2 N–H and O–H groups in total. The predicted molar refractivity (Wildman–Crippen MR) is 76.1 cm³/mol. The average molecular weight is 318 g/mol. The Morgan fingerprint density at radius 1 is 1.29 bits per heavy atom. The fourth-order valence-electron chi connectivity index (χ4n) is 2.92. The van der Waals surface area contributed by atoms with E-state index >= 15 is 0 Å². The van der Waals surface area contributed by atoms with E-state index in [1.807, 2.05) is 0 Å². The van der Waals surface area contributed by atoms with Crippen molar-refractivity contribution in [1.29, 1.82) is 0 Å². The summed E-state index contributed by atoms with van der Waals surface area (Å²) < 4.78 is 24.2. The highest BCUT2D eigenvalue weighted by molar-refractivity contribution is 7.88. The van der Waals surface area contributed by atoms with Crippen LogP contribution in [-0.2, 0) is 19.6 Å². The molecular weight excluding hydrogens is 296 g/mol. The van der Waals surface area contributed by atoms with Gasteiger partial charge in [-0.1, -0.05) is 6.42 Å². The maximum Gasteiger partial charge on any atom is 0.311 e. The summed E-state index contributed by atoms with van der Waals surface area (Å²) in [5, 5.41) is 11.9. The fourth-order valence-corrected chi connectivity index (χ4v) is 3.79. The standard InChI is InChI=1S/C13H22N2O5S/c1-21(19,20)15-7-3-10(4-8-15)11(16)14-9-13(12(17)18)5-2-6-13/h10H,2-9H2,1H3,(H,14,16)(H,17,18). The summed E-state index contributed by atoms with van der Waals surface area (Å²) in [6.07, 6.45) is 4.23. The molecule has 1 amide bonds. The number of hydrogen-bond donors (Lipinski definition) is 2. The maximum atomic E-state index is 12.1. The number of piperidine rings is 1. The number of rotatable bonds is 5. The summed E-state index contributed by atoms with van der Waals surface area (Å²) in [5.41, 5.74) is -0.789. The normalized spacial score (nSPS) is 23.3. The van der Waals surface area contributed by atoms with Gasteiger partial charge in [-0.25, -0.2) is 12.7 Å². The third-order valence-electron chi connectivity index (χ3n) is 4.66. The Bertz CT molecular complexity index is 519. The Morgan fingerprint density at radius 3 is 2.24 bits per heavy atom. The number of nitrogens with one attached hydrogen (secondary N) is 1. The Morgan fingerprint density at radius 2 is 1.86 bits per heavy atom. The second-order valence-corrected chi connectivity index (χ2v) is 8.08. The minimum Gasteiger partial charge on any atom is -0.481 e. The van der Waals surface area contributed by atoms with E-state index in [1.54, 1.807) is 0 Å². The first-order valence-electron chi connectivity index (χ1n) is 7.21. The topological polar surface area (TPSA) is 104 Å². The van der Waals surface area contributed by atoms with Crippen molar-refractivity contribution in [3.05, 3.63) is 0 Å². The lowest BCUT2D eigenvalue weighted by Crippen LogP contribution is -2.50. The molecule has 2 aliphatic rings. The highest BCUT2D eigenvalue weighted by Gasteiger charge is 2.44. The Kier molecular flexibility index (Phi) is 4.57. The van der Waals surface area contributed by atoms with Gasteiger partial charge in [0.1, 0.15) is 0 Å². The van der Waals surface area contributed by atoms with E-state index in [9.17, 15) is 23.1 Å². The first-order chi connectivity index (χ1) is 9.74. The van der Waals surface area contributed by atoms with E-state index in [0.717, 1.165) is 6.42 Å². The summed E-state index contributed by atoms with van der Waals surface area (Å²) in [5.74, 6) is -1.23. The van der Waals surface area contributed by atoms with E-state index < -0.39 is 21.4 Å². The number of sulfonamides is 1. The fraction of sp³-hybridized carbons (Fsp3) is 0.846. The van der Waals surface area contributed by atoms with Crippen LogP contribution in [0.15, 0.2) is 0 Å². The number of nitrogens with zero attached hydrogens (tertiary/aromatic N) is 1. The lowest BCUT2D eigenvalue weighted by molar-refractivity contribution is -0.154. The third-order valence-corrected chi connectivity index (χ3v) is 5.96. The number of carbonyl (C=O) groups is 2. The van der Waals surface area contributed by atoms with E-state index in [-0.39, 0.29) is 18.4 Å². The molecular formula is C13H22N2O5S. The summed E-state index contributed by atoms with van der Waals surface area (Å²) >= 11 is 0. The monoisotopic (exact) mass is 318 g/mol. The second kappa shape index (κ2) is 5.92. The molecule has 0 unspecified atom stereocenters. The number of carboxylic acid groups (broad SMARTS) is 1. The molecule has 0 atom stereocenters. The molecule has 1 aliphatic heterocycles. The smallest absolute Gasteiger partial charge is 0.311 e. The van der Waals surface area contributed by atoms with Crippen molar-refractivity contribution in [2.24, 2.45) is 11.3 Å². The number of aliphatic carboxylic acids is 1. The molecule has 0 bridgehead atoms.